The summed E-state index contributed by atoms with van der Waals surface area (Å²) in [6.07, 6.45) is 2.14. The number of anilines is 1. The summed E-state index contributed by atoms with van der Waals surface area (Å²) in [4.78, 5) is 28.7. The van der Waals surface area contributed by atoms with Crippen molar-refractivity contribution in [3.8, 4) is 17.0 Å². The minimum absolute atomic E-state index is 0. The molecule has 1 saturated heterocycles. The SMILES string of the molecule is CNC1[C@H]2CN(c3ccc4c(c3)CCCc3c-4[nH]c(=O)c(C(=O)O)c3O)C[C@@H]12.Cl. The van der Waals surface area contributed by atoms with Crippen LogP contribution in [0.4, 0.5) is 5.69 Å². The summed E-state index contributed by atoms with van der Waals surface area (Å²) >= 11 is 0. The van der Waals surface area contributed by atoms with Gasteiger partial charge in [-0.3, -0.25) is 4.79 Å². The first kappa shape index (κ1) is 19.8. The molecule has 2 heterocycles. The quantitative estimate of drug-likeness (QED) is 0.608. The van der Waals surface area contributed by atoms with Crippen LogP contribution in [0.5, 0.6) is 5.75 Å². The second-order valence-corrected chi connectivity index (χ2v) is 8.08. The highest BCUT2D eigenvalue weighted by molar-refractivity contribution is 5.92. The van der Waals surface area contributed by atoms with Gasteiger partial charge < -0.3 is 25.4 Å². The van der Waals surface area contributed by atoms with Crippen LogP contribution in [0.1, 0.15) is 27.9 Å². The van der Waals surface area contributed by atoms with E-state index in [9.17, 15) is 19.8 Å². The second kappa shape index (κ2) is 7.07. The molecule has 1 aromatic carbocycles. The van der Waals surface area contributed by atoms with E-state index in [1.807, 2.05) is 13.1 Å². The summed E-state index contributed by atoms with van der Waals surface area (Å²) in [6, 6.07) is 6.89. The standard InChI is InChI=1S/C21H23N3O4.ClH/c1-22-17-14-8-24(9-15(14)17)11-5-6-12-10(7-11)3-2-4-13-18(12)23-20(26)16(19(13)25)21(27)28;/h5-7,14-15,17,22H,2-4,8-9H2,1H3,(H,27,28)(H2,23,25,26);1H/t14-,15+,17?;. The largest absolute Gasteiger partial charge is 0.506 e. The van der Waals surface area contributed by atoms with Crippen molar-refractivity contribution in [2.45, 2.75) is 25.3 Å². The van der Waals surface area contributed by atoms with Gasteiger partial charge in [0.1, 0.15) is 5.75 Å². The molecular formula is C21H24ClN3O4. The fourth-order valence-electron chi connectivity index (χ4n) is 5.15. The lowest BCUT2D eigenvalue weighted by atomic mass is 9.99. The summed E-state index contributed by atoms with van der Waals surface area (Å²) in [6.45, 7) is 2.12. The Kier molecular flexibility index (Phi) is 4.83. The van der Waals surface area contributed by atoms with Gasteiger partial charge in [0.15, 0.2) is 5.56 Å². The fourth-order valence-corrected chi connectivity index (χ4v) is 5.15. The van der Waals surface area contributed by atoms with Crippen molar-refractivity contribution < 1.29 is 15.0 Å². The van der Waals surface area contributed by atoms with Crippen LogP contribution in [0.25, 0.3) is 11.3 Å². The van der Waals surface area contributed by atoms with E-state index in [0.717, 1.165) is 48.9 Å². The molecule has 0 amide bonds. The van der Waals surface area contributed by atoms with Crippen LogP contribution in [-0.2, 0) is 12.8 Å². The van der Waals surface area contributed by atoms with E-state index in [0.29, 0.717) is 23.7 Å². The van der Waals surface area contributed by atoms with E-state index >= 15 is 0 Å². The van der Waals surface area contributed by atoms with Crippen molar-refractivity contribution >= 4 is 24.1 Å². The number of carbonyl (C=O) groups is 1. The number of hydrogen-bond acceptors (Lipinski definition) is 5. The molecular weight excluding hydrogens is 394 g/mol. The number of benzene rings is 1. The first-order valence-corrected chi connectivity index (χ1v) is 9.76. The molecule has 7 nitrogen and oxygen atoms in total. The van der Waals surface area contributed by atoms with Crippen molar-refractivity contribution in [2.75, 3.05) is 25.0 Å². The molecule has 1 unspecified atom stereocenters. The van der Waals surface area contributed by atoms with Gasteiger partial charge in [-0.25, -0.2) is 4.79 Å². The maximum atomic E-state index is 12.2. The molecule has 0 spiro atoms. The van der Waals surface area contributed by atoms with Crippen LogP contribution in [0.15, 0.2) is 23.0 Å². The van der Waals surface area contributed by atoms with E-state index in [1.165, 1.54) is 5.69 Å². The molecule has 0 bridgehead atoms. The summed E-state index contributed by atoms with van der Waals surface area (Å²) in [5, 5.41) is 23.1. The third-order valence-electron chi connectivity index (χ3n) is 6.63. The monoisotopic (exact) mass is 417 g/mol. The number of aromatic carboxylic acids is 1. The summed E-state index contributed by atoms with van der Waals surface area (Å²) in [7, 11) is 2.03. The number of halogens is 1. The topological polar surface area (TPSA) is 106 Å². The van der Waals surface area contributed by atoms with E-state index in [2.05, 4.69) is 27.3 Å². The molecule has 5 rings (SSSR count). The van der Waals surface area contributed by atoms with Gasteiger partial charge in [-0.2, -0.15) is 0 Å². The zero-order valence-electron chi connectivity index (χ0n) is 16.1. The second-order valence-electron chi connectivity index (χ2n) is 8.08. The van der Waals surface area contributed by atoms with Crippen LogP contribution in [0, 0.1) is 11.8 Å². The molecule has 4 N–H and O–H groups in total. The molecule has 2 fully saturated rings. The van der Waals surface area contributed by atoms with Gasteiger partial charge in [0.05, 0.1) is 5.69 Å². The van der Waals surface area contributed by atoms with Gasteiger partial charge in [-0.15, -0.1) is 12.4 Å². The van der Waals surface area contributed by atoms with Gasteiger partial charge in [-0.1, -0.05) is 6.07 Å². The normalized spacial score (nSPS) is 24.0. The van der Waals surface area contributed by atoms with E-state index in [-0.39, 0.29) is 12.4 Å². The summed E-state index contributed by atoms with van der Waals surface area (Å²) in [5.41, 5.74) is 2.91. The Balaban J connectivity index is 0.00000205. The summed E-state index contributed by atoms with van der Waals surface area (Å²) in [5.74, 6) is -0.352. The Bertz CT molecular complexity index is 1040. The average Bonchev–Trinajstić information content (AvgIpc) is 3.21. The van der Waals surface area contributed by atoms with Gasteiger partial charge >= 0.3 is 5.97 Å². The van der Waals surface area contributed by atoms with Crippen LogP contribution in [0.3, 0.4) is 0 Å². The number of hydrogen-bond donors (Lipinski definition) is 4. The van der Waals surface area contributed by atoms with Crippen molar-refractivity contribution in [1.29, 1.82) is 0 Å². The Labute approximate surface area is 174 Å². The number of fused-ring (bicyclic) bond motifs is 4. The molecule has 2 aromatic rings. The molecule has 2 aliphatic carbocycles. The zero-order chi connectivity index (χ0) is 19.6. The van der Waals surface area contributed by atoms with Crippen LogP contribution in [0.2, 0.25) is 0 Å². The lowest BCUT2D eigenvalue weighted by molar-refractivity contribution is 0.0691. The molecule has 1 aromatic heterocycles. The molecule has 3 atom stereocenters. The van der Waals surface area contributed by atoms with Gasteiger partial charge in [0, 0.05) is 35.9 Å². The number of H-pyrrole nitrogens is 1. The molecule has 29 heavy (non-hydrogen) atoms. The number of nitrogens with zero attached hydrogens (tertiary/aromatic N) is 1. The Hall–Kier alpha value is -2.51. The zero-order valence-corrected chi connectivity index (χ0v) is 16.9. The van der Waals surface area contributed by atoms with Crippen molar-refractivity contribution in [3.05, 3.63) is 45.2 Å². The van der Waals surface area contributed by atoms with Gasteiger partial charge in [-0.05, 0) is 55.8 Å². The number of aromatic nitrogens is 1. The molecule has 8 heteroatoms. The third kappa shape index (κ3) is 3.00. The van der Waals surface area contributed by atoms with Crippen LogP contribution >= 0.6 is 12.4 Å². The van der Waals surface area contributed by atoms with E-state index in [1.54, 1.807) is 0 Å². The highest BCUT2D eigenvalue weighted by atomic mass is 35.5. The summed E-state index contributed by atoms with van der Waals surface area (Å²) < 4.78 is 0. The Morgan fingerprint density at radius 3 is 2.62 bits per heavy atom. The molecule has 0 radical (unpaired) electrons. The lowest BCUT2D eigenvalue weighted by Gasteiger charge is -2.23. The molecule has 1 aliphatic heterocycles. The Morgan fingerprint density at radius 2 is 1.97 bits per heavy atom. The number of carboxylic acid groups (broad SMARTS) is 1. The predicted octanol–water partition coefficient (Wildman–Crippen LogP) is 2.01. The fraction of sp³-hybridized carbons (Fsp3) is 0.429. The number of piperidine rings is 1. The lowest BCUT2D eigenvalue weighted by Crippen LogP contribution is -2.29. The predicted molar refractivity (Wildman–Crippen MR) is 112 cm³/mol. The molecule has 3 aliphatic rings. The number of aromatic hydroxyl groups is 1. The first-order valence-electron chi connectivity index (χ1n) is 9.76. The minimum Gasteiger partial charge on any atom is -0.506 e. The average molecular weight is 418 g/mol. The van der Waals surface area contributed by atoms with E-state index in [4.69, 9.17) is 0 Å². The van der Waals surface area contributed by atoms with Crippen LogP contribution < -0.4 is 15.8 Å². The van der Waals surface area contributed by atoms with Gasteiger partial charge in [0.25, 0.3) is 5.56 Å². The number of aryl methyl sites for hydroxylation is 1. The minimum atomic E-state index is -1.41. The molecule has 154 valence electrons. The number of pyridine rings is 1. The van der Waals surface area contributed by atoms with Crippen LogP contribution in [-0.4, -0.2) is 47.3 Å². The first-order chi connectivity index (χ1) is 13.5. The maximum absolute atomic E-state index is 12.2. The third-order valence-corrected chi connectivity index (χ3v) is 6.63. The number of rotatable bonds is 3. The van der Waals surface area contributed by atoms with Crippen molar-refractivity contribution in [1.82, 2.24) is 10.3 Å². The number of aromatic amines is 1. The maximum Gasteiger partial charge on any atom is 0.345 e. The smallest absolute Gasteiger partial charge is 0.345 e. The van der Waals surface area contributed by atoms with E-state index < -0.39 is 22.8 Å². The number of carboxylic acids is 1. The highest BCUT2D eigenvalue weighted by Gasteiger charge is 2.54. The van der Waals surface area contributed by atoms with Crippen molar-refractivity contribution in [3.63, 3.8) is 0 Å². The number of nitrogens with one attached hydrogen (secondary N) is 2. The highest BCUT2D eigenvalue weighted by Crippen LogP contribution is 2.47. The Morgan fingerprint density at radius 1 is 1.24 bits per heavy atom. The molecule has 1 saturated carbocycles. The van der Waals surface area contributed by atoms with Crippen molar-refractivity contribution in [2.24, 2.45) is 11.8 Å². The van der Waals surface area contributed by atoms with Gasteiger partial charge in [0.2, 0.25) is 0 Å².